The highest BCUT2D eigenvalue weighted by Gasteiger charge is 2.31. The van der Waals surface area contributed by atoms with Crippen molar-refractivity contribution in [3.8, 4) is 0 Å². The lowest BCUT2D eigenvalue weighted by atomic mass is 10.1. The molecule has 76 valence electrons. The predicted molar refractivity (Wildman–Crippen MR) is 55.6 cm³/mol. The topological polar surface area (TPSA) is 29.3 Å². The summed E-state index contributed by atoms with van der Waals surface area (Å²) in [6.07, 6.45) is 6.89. The third-order valence-electron chi connectivity index (χ3n) is 3.86. The normalized spacial score (nSPS) is 41.5. The van der Waals surface area contributed by atoms with Gasteiger partial charge >= 0.3 is 0 Å². The van der Waals surface area contributed by atoms with E-state index in [1.807, 2.05) is 0 Å². The van der Waals surface area contributed by atoms with Crippen molar-refractivity contribution in [3.63, 3.8) is 0 Å². The summed E-state index contributed by atoms with van der Waals surface area (Å²) >= 11 is 0. The monoisotopic (exact) mass is 182 g/mol. The zero-order chi connectivity index (χ0) is 9.26. The molecule has 1 aliphatic carbocycles. The summed E-state index contributed by atoms with van der Waals surface area (Å²) < 4.78 is 0. The first-order valence-electron chi connectivity index (χ1n) is 5.79. The Labute approximate surface area is 81.5 Å². The van der Waals surface area contributed by atoms with E-state index in [0.29, 0.717) is 6.04 Å². The van der Waals surface area contributed by atoms with Gasteiger partial charge in [0, 0.05) is 25.2 Å². The second-order valence-electron chi connectivity index (χ2n) is 4.78. The minimum absolute atomic E-state index is 0.459. The summed E-state index contributed by atoms with van der Waals surface area (Å²) in [5, 5.41) is 0. The molecule has 2 nitrogen and oxygen atoms in total. The molecule has 0 aromatic carbocycles. The van der Waals surface area contributed by atoms with Crippen LogP contribution in [0.2, 0.25) is 0 Å². The lowest BCUT2D eigenvalue weighted by molar-refractivity contribution is 0.237. The third kappa shape index (κ3) is 2.05. The van der Waals surface area contributed by atoms with E-state index in [2.05, 4.69) is 11.8 Å². The largest absolute Gasteiger partial charge is 0.326 e. The average Bonchev–Trinajstić information content (AvgIpc) is 2.71. The van der Waals surface area contributed by atoms with Gasteiger partial charge in [0.1, 0.15) is 0 Å². The Balaban J connectivity index is 1.82. The van der Waals surface area contributed by atoms with Gasteiger partial charge < -0.3 is 5.73 Å². The van der Waals surface area contributed by atoms with Crippen molar-refractivity contribution in [1.29, 1.82) is 0 Å². The van der Waals surface area contributed by atoms with Gasteiger partial charge in [-0.05, 0) is 31.6 Å². The van der Waals surface area contributed by atoms with Gasteiger partial charge in [-0.15, -0.1) is 0 Å². The molecule has 2 aliphatic rings. The molecule has 0 bridgehead atoms. The highest BCUT2D eigenvalue weighted by Crippen LogP contribution is 2.32. The first-order chi connectivity index (χ1) is 6.29. The van der Waals surface area contributed by atoms with Crippen molar-refractivity contribution < 1.29 is 0 Å². The molecule has 0 aromatic rings. The predicted octanol–water partition coefficient (Wildman–Crippen LogP) is 1.60. The molecule has 2 fully saturated rings. The first-order valence-corrected chi connectivity index (χ1v) is 5.79. The smallest absolute Gasteiger partial charge is 0.0180 e. The molecule has 0 radical (unpaired) electrons. The molecule has 13 heavy (non-hydrogen) atoms. The lowest BCUT2D eigenvalue weighted by Gasteiger charge is -2.23. The van der Waals surface area contributed by atoms with E-state index in [-0.39, 0.29) is 0 Å². The van der Waals surface area contributed by atoms with Crippen molar-refractivity contribution in [2.45, 2.75) is 51.1 Å². The fourth-order valence-electron chi connectivity index (χ4n) is 2.90. The van der Waals surface area contributed by atoms with Crippen LogP contribution in [0.25, 0.3) is 0 Å². The minimum Gasteiger partial charge on any atom is -0.326 e. The van der Waals surface area contributed by atoms with Crippen molar-refractivity contribution in [2.75, 3.05) is 13.1 Å². The van der Waals surface area contributed by atoms with Crippen LogP contribution in [0.1, 0.15) is 39.0 Å². The van der Waals surface area contributed by atoms with Crippen LogP contribution < -0.4 is 5.73 Å². The molecule has 2 heteroatoms. The Bertz CT molecular complexity index is 169. The molecule has 2 rings (SSSR count). The second-order valence-corrected chi connectivity index (χ2v) is 4.78. The van der Waals surface area contributed by atoms with Gasteiger partial charge in [-0.3, -0.25) is 4.90 Å². The molecule has 0 spiro atoms. The van der Waals surface area contributed by atoms with Crippen LogP contribution in [0.15, 0.2) is 0 Å². The van der Waals surface area contributed by atoms with Crippen LogP contribution >= 0.6 is 0 Å². The second kappa shape index (κ2) is 3.97. The Morgan fingerprint density at radius 3 is 2.69 bits per heavy atom. The zero-order valence-corrected chi connectivity index (χ0v) is 8.71. The maximum atomic E-state index is 5.92. The number of hydrogen-bond donors (Lipinski definition) is 1. The molecule has 3 atom stereocenters. The van der Waals surface area contributed by atoms with E-state index in [1.54, 1.807) is 0 Å². The van der Waals surface area contributed by atoms with Crippen LogP contribution in [0.3, 0.4) is 0 Å². The summed E-state index contributed by atoms with van der Waals surface area (Å²) in [4.78, 5) is 2.63. The first kappa shape index (κ1) is 9.47. The Hall–Kier alpha value is -0.0800. The zero-order valence-electron chi connectivity index (χ0n) is 8.71. The van der Waals surface area contributed by atoms with Gasteiger partial charge in [0.15, 0.2) is 0 Å². The lowest BCUT2D eigenvalue weighted by Crippen LogP contribution is -2.33. The van der Waals surface area contributed by atoms with Gasteiger partial charge in [-0.25, -0.2) is 0 Å². The fourth-order valence-corrected chi connectivity index (χ4v) is 2.90. The van der Waals surface area contributed by atoms with Crippen molar-refractivity contribution in [1.82, 2.24) is 4.90 Å². The van der Waals surface area contributed by atoms with Crippen LogP contribution in [0, 0.1) is 5.92 Å². The van der Waals surface area contributed by atoms with Crippen LogP contribution in [-0.2, 0) is 0 Å². The van der Waals surface area contributed by atoms with Crippen molar-refractivity contribution >= 4 is 0 Å². The number of rotatable bonds is 2. The number of nitrogens with two attached hydrogens (primary N) is 1. The standard InChI is InChI=1S/C11H22N2/c1-2-9-3-4-11(7-9)13-6-5-10(12)8-13/h9-11H,2-8,12H2,1H3. The average molecular weight is 182 g/mol. The fraction of sp³-hybridized carbons (Fsp3) is 1.00. The summed E-state index contributed by atoms with van der Waals surface area (Å²) in [5.74, 6) is 1.00. The summed E-state index contributed by atoms with van der Waals surface area (Å²) in [6, 6.07) is 1.33. The Morgan fingerprint density at radius 2 is 2.15 bits per heavy atom. The van der Waals surface area contributed by atoms with Crippen LogP contribution in [-0.4, -0.2) is 30.1 Å². The van der Waals surface area contributed by atoms with E-state index in [0.717, 1.165) is 18.5 Å². The van der Waals surface area contributed by atoms with E-state index in [9.17, 15) is 0 Å². The van der Waals surface area contributed by atoms with Crippen molar-refractivity contribution in [2.24, 2.45) is 11.7 Å². The van der Waals surface area contributed by atoms with Gasteiger partial charge in [0.2, 0.25) is 0 Å². The van der Waals surface area contributed by atoms with Gasteiger partial charge in [0.25, 0.3) is 0 Å². The molecule has 0 aromatic heterocycles. The number of hydrogen-bond acceptors (Lipinski definition) is 2. The highest BCUT2D eigenvalue weighted by atomic mass is 15.2. The van der Waals surface area contributed by atoms with Crippen LogP contribution in [0.5, 0.6) is 0 Å². The number of likely N-dealkylation sites (tertiary alicyclic amines) is 1. The molecule has 1 heterocycles. The number of nitrogens with zero attached hydrogens (tertiary/aromatic N) is 1. The van der Waals surface area contributed by atoms with Crippen molar-refractivity contribution in [3.05, 3.63) is 0 Å². The van der Waals surface area contributed by atoms with E-state index >= 15 is 0 Å². The van der Waals surface area contributed by atoms with Crippen LogP contribution in [0.4, 0.5) is 0 Å². The highest BCUT2D eigenvalue weighted by molar-refractivity contribution is 4.88. The maximum Gasteiger partial charge on any atom is 0.0180 e. The summed E-state index contributed by atoms with van der Waals surface area (Å²) in [7, 11) is 0. The molecule has 3 unspecified atom stereocenters. The molecule has 1 saturated heterocycles. The van der Waals surface area contributed by atoms with E-state index < -0.39 is 0 Å². The van der Waals surface area contributed by atoms with E-state index in [4.69, 9.17) is 5.73 Å². The minimum atomic E-state index is 0.459. The Morgan fingerprint density at radius 1 is 1.31 bits per heavy atom. The molecule has 2 N–H and O–H groups in total. The Kier molecular flexibility index (Phi) is 2.89. The van der Waals surface area contributed by atoms with Gasteiger partial charge in [-0.2, -0.15) is 0 Å². The molecular formula is C11H22N2. The summed E-state index contributed by atoms with van der Waals surface area (Å²) in [6.45, 7) is 4.73. The third-order valence-corrected chi connectivity index (χ3v) is 3.86. The van der Waals surface area contributed by atoms with Gasteiger partial charge in [0.05, 0.1) is 0 Å². The maximum absolute atomic E-state index is 5.92. The molecule has 1 saturated carbocycles. The molecular weight excluding hydrogens is 160 g/mol. The molecule has 0 amide bonds. The quantitative estimate of drug-likeness (QED) is 0.703. The SMILES string of the molecule is CCC1CCC(N2CCC(N)C2)C1. The summed E-state index contributed by atoms with van der Waals surface area (Å²) in [5.41, 5.74) is 5.92. The van der Waals surface area contributed by atoms with Gasteiger partial charge in [-0.1, -0.05) is 13.3 Å². The molecule has 1 aliphatic heterocycles. The van der Waals surface area contributed by atoms with E-state index in [1.165, 1.54) is 38.6 Å².